The molecule has 5 heteroatoms. The van der Waals surface area contributed by atoms with Crippen molar-refractivity contribution in [1.29, 1.82) is 0 Å². The van der Waals surface area contributed by atoms with Crippen molar-refractivity contribution in [2.75, 3.05) is 0 Å². The third-order valence-corrected chi connectivity index (χ3v) is 0.976. The van der Waals surface area contributed by atoms with Crippen molar-refractivity contribution >= 4 is 11.6 Å². The summed E-state index contributed by atoms with van der Waals surface area (Å²) in [6, 6.07) is 0. The molecule has 9 heavy (non-hydrogen) atoms. The van der Waals surface area contributed by atoms with E-state index in [1.807, 2.05) is 4.98 Å². The van der Waals surface area contributed by atoms with Gasteiger partial charge in [0, 0.05) is 4.98 Å². The molecule has 1 aromatic rings. The second-order valence-electron chi connectivity index (χ2n) is 1.33. The lowest BCUT2D eigenvalue weighted by Crippen LogP contribution is -2.11. The maximum Gasteiger partial charge on any atom is 0.488 e. The van der Waals surface area contributed by atoms with Gasteiger partial charge in [-0.1, -0.05) is 11.6 Å². The number of H-pyrrole nitrogens is 1. The summed E-state index contributed by atoms with van der Waals surface area (Å²) in [7, 11) is 0. The molecule has 0 spiro atoms. The molecule has 0 atom stereocenters. The summed E-state index contributed by atoms with van der Waals surface area (Å²) in [6.45, 7) is 0. The lowest BCUT2D eigenvalue weighted by Gasteiger charge is -1.79. The van der Waals surface area contributed by atoms with Crippen LogP contribution < -0.4 is 4.98 Å². The minimum atomic E-state index is -1.01. The SMILES string of the molecule is Fc1nc(F)c(Cl)c[nH+]1. The average Bonchev–Trinajstić information content (AvgIpc) is 1.80. The molecule has 0 saturated carbocycles. The fourth-order valence-electron chi connectivity index (χ4n) is 0.354. The number of nitrogens with zero attached hydrogens (tertiary/aromatic N) is 1. The molecule has 0 aromatic carbocycles. The number of aromatic amines is 1. The fourth-order valence-corrected chi connectivity index (χ4v) is 0.451. The van der Waals surface area contributed by atoms with E-state index < -0.39 is 12.0 Å². The minimum absolute atomic E-state index is 0.226. The second kappa shape index (κ2) is 2.23. The van der Waals surface area contributed by atoms with Crippen LogP contribution in [0.5, 0.6) is 0 Å². The van der Waals surface area contributed by atoms with Crippen LogP contribution in [0.3, 0.4) is 0 Å². The Kier molecular flexibility index (Phi) is 1.57. The summed E-state index contributed by atoms with van der Waals surface area (Å²) in [5, 5.41) is -0.226. The quantitative estimate of drug-likeness (QED) is 0.399. The Morgan fingerprint density at radius 3 is 2.67 bits per heavy atom. The smallest absolute Gasteiger partial charge is 0.216 e. The Morgan fingerprint density at radius 2 is 2.22 bits per heavy atom. The van der Waals surface area contributed by atoms with Crippen molar-refractivity contribution < 1.29 is 13.8 Å². The van der Waals surface area contributed by atoms with Gasteiger partial charge in [-0.15, -0.1) is 4.39 Å². The lowest BCUT2D eigenvalue weighted by atomic mass is 10.6. The van der Waals surface area contributed by atoms with Gasteiger partial charge in [0.2, 0.25) is 0 Å². The van der Waals surface area contributed by atoms with E-state index in [0.29, 0.717) is 0 Å². The molecule has 1 heterocycles. The molecular weight excluding hydrogens is 150 g/mol. The molecule has 0 bridgehead atoms. The zero-order valence-electron chi connectivity index (χ0n) is 4.16. The predicted octanol–water partition coefficient (Wildman–Crippen LogP) is 0.827. The van der Waals surface area contributed by atoms with Crippen LogP contribution >= 0.6 is 11.6 Å². The van der Waals surface area contributed by atoms with Crippen molar-refractivity contribution in [2.24, 2.45) is 0 Å². The highest BCUT2D eigenvalue weighted by atomic mass is 35.5. The molecule has 1 aromatic heterocycles. The van der Waals surface area contributed by atoms with Crippen LogP contribution in [-0.2, 0) is 0 Å². The van der Waals surface area contributed by atoms with E-state index in [9.17, 15) is 8.78 Å². The first-order chi connectivity index (χ1) is 4.20. The largest absolute Gasteiger partial charge is 0.488 e. The first-order valence-electron chi connectivity index (χ1n) is 2.09. The molecule has 0 amide bonds. The molecule has 2 nitrogen and oxygen atoms in total. The fraction of sp³-hybridized carbons (Fsp3) is 0. The van der Waals surface area contributed by atoms with Gasteiger partial charge >= 0.3 is 12.0 Å². The van der Waals surface area contributed by atoms with Crippen LogP contribution in [0.15, 0.2) is 6.20 Å². The maximum atomic E-state index is 12.1. The van der Waals surface area contributed by atoms with Gasteiger partial charge in [-0.25, -0.2) is 4.98 Å². The number of aromatic nitrogens is 2. The summed E-state index contributed by atoms with van der Waals surface area (Å²) in [4.78, 5) is 4.74. The van der Waals surface area contributed by atoms with Crippen LogP contribution in [0.4, 0.5) is 8.78 Å². The van der Waals surface area contributed by atoms with Gasteiger partial charge < -0.3 is 0 Å². The molecule has 0 saturated heterocycles. The molecule has 1 rings (SSSR count). The van der Waals surface area contributed by atoms with E-state index in [4.69, 9.17) is 11.6 Å². The Hall–Kier alpha value is -0.770. The Labute approximate surface area is 54.5 Å². The minimum Gasteiger partial charge on any atom is -0.216 e. The standard InChI is InChI=1S/C4HClF2N2/c5-2-1-8-4(7)9-3(2)6/h1H/p+1. The normalized spacial score (nSPS) is 9.67. The van der Waals surface area contributed by atoms with Crippen molar-refractivity contribution in [1.82, 2.24) is 4.98 Å². The Bertz CT molecular complexity index is 228. The number of halogens is 3. The first-order valence-corrected chi connectivity index (χ1v) is 2.47. The molecule has 0 radical (unpaired) electrons. The number of rotatable bonds is 0. The van der Waals surface area contributed by atoms with E-state index in [1.54, 1.807) is 0 Å². The molecule has 1 N–H and O–H groups in total. The summed E-state index contributed by atoms with van der Waals surface area (Å²) in [6.07, 6.45) is -0.00364. The lowest BCUT2D eigenvalue weighted by molar-refractivity contribution is -0.429. The average molecular weight is 152 g/mol. The van der Waals surface area contributed by atoms with E-state index in [-0.39, 0.29) is 5.02 Å². The maximum absolute atomic E-state index is 12.1. The van der Waals surface area contributed by atoms with E-state index >= 15 is 0 Å². The predicted molar refractivity (Wildman–Crippen MR) is 25.7 cm³/mol. The Morgan fingerprint density at radius 1 is 1.56 bits per heavy atom. The van der Waals surface area contributed by atoms with Crippen LogP contribution in [0.2, 0.25) is 5.02 Å². The van der Waals surface area contributed by atoms with E-state index in [0.717, 1.165) is 6.20 Å². The molecular formula is C4H2ClF2N2+. The molecule has 0 unspecified atom stereocenters. The zero-order chi connectivity index (χ0) is 6.85. The summed E-state index contributed by atoms with van der Waals surface area (Å²) < 4.78 is 24.0. The monoisotopic (exact) mass is 151 g/mol. The van der Waals surface area contributed by atoms with Gasteiger partial charge in [0.15, 0.2) is 5.02 Å². The highest BCUT2D eigenvalue weighted by Crippen LogP contribution is 2.06. The first kappa shape index (κ1) is 6.35. The summed E-state index contributed by atoms with van der Waals surface area (Å²) in [5.41, 5.74) is 0. The third kappa shape index (κ3) is 1.32. The molecule has 0 aliphatic rings. The number of hydrogen-bond acceptors (Lipinski definition) is 1. The van der Waals surface area contributed by atoms with Crippen molar-refractivity contribution in [2.45, 2.75) is 0 Å². The van der Waals surface area contributed by atoms with Crippen molar-refractivity contribution in [3.63, 3.8) is 0 Å². The molecule has 0 aliphatic carbocycles. The molecule has 0 fully saturated rings. The Balaban J connectivity index is 3.17. The summed E-state index contributed by atoms with van der Waals surface area (Å²) >= 11 is 5.15. The van der Waals surface area contributed by atoms with Crippen molar-refractivity contribution in [3.05, 3.63) is 23.2 Å². The van der Waals surface area contributed by atoms with Crippen LogP contribution in [-0.4, -0.2) is 4.98 Å². The van der Waals surface area contributed by atoms with E-state index in [2.05, 4.69) is 4.98 Å². The number of hydrogen-bond donors (Lipinski definition) is 0. The van der Waals surface area contributed by atoms with Crippen LogP contribution in [0.25, 0.3) is 0 Å². The highest BCUT2D eigenvalue weighted by molar-refractivity contribution is 6.30. The van der Waals surface area contributed by atoms with Gasteiger partial charge in [0.1, 0.15) is 6.20 Å². The molecule has 48 valence electrons. The second-order valence-corrected chi connectivity index (χ2v) is 1.74. The van der Waals surface area contributed by atoms with Crippen LogP contribution in [0.1, 0.15) is 0 Å². The van der Waals surface area contributed by atoms with Gasteiger partial charge in [-0.05, 0) is 0 Å². The van der Waals surface area contributed by atoms with E-state index in [1.165, 1.54) is 0 Å². The third-order valence-electron chi connectivity index (χ3n) is 0.711. The zero-order valence-corrected chi connectivity index (χ0v) is 4.91. The van der Waals surface area contributed by atoms with Gasteiger partial charge in [0.05, 0.1) is 0 Å². The molecule has 0 aliphatic heterocycles. The number of nitrogens with one attached hydrogen (secondary N) is 1. The topological polar surface area (TPSA) is 27.0 Å². The van der Waals surface area contributed by atoms with Crippen molar-refractivity contribution in [3.8, 4) is 0 Å². The van der Waals surface area contributed by atoms with Gasteiger partial charge in [-0.2, -0.15) is 4.39 Å². The van der Waals surface area contributed by atoms with Gasteiger partial charge in [-0.3, -0.25) is 0 Å². The summed E-state index contributed by atoms with van der Waals surface area (Å²) in [5.74, 6) is -1.01. The van der Waals surface area contributed by atoms with Crippen LogP contribution in [0, 0.1) is 12.0 Å². The highest BCUT2D eigenvalue weighted by Gasteiger charge is 2.10. The van der Waals surface area contributed by atoms with Gasteiger partial charge in [0.25, 0.3) is 0 Å².